The molecule has 0 bridgehead atoms. The van der Waals surface area contributed by atoms with E-state index in [0.29, 0.717) is 0 Å². The van der Waals surface area contributed by atoms with Gasteiger partial charge in [-0.25, -0.2) is 4.39 Å². The van der Waals surface area contributed by atoms with Crippen LogP contribution in [0.15, 0.2) is 0 Å². The van der Waals surface area contributed by atoms with Crippen molar-refractivity contribution in [1.82, 2.24) is 0 Å². The Morgan fingerprint density at radius 2 is 1.69 bits per heavy atom. The van der Waals surface area contributed by atoms with E-state index in [1.807, 2.05) is 0 Å². The van der Waals surface area contributed by atoms with Crippen LogP contribution < -0.4 is 5.73 Å². The summed E-state index contributed by atoms with van der Waals surface area (Å²) in [6.45, 7) is 0. The van der Waals surface area contributed by atoms with Gasteiger partial charge in [0, 0.05) is 21.1 Å². The van der Waals surface area contributed by atoms with E-state index in [4.69, 9.17) is 10.8 Å². The standard InChI is InChI=1S/C8H16FNO.H2O.W/c9-7(8(10)11)6-4-2-1-3-5-6;;/h6-8,11H,1-5,10H2;1H2;. The monoisotopic (exact) mass is 363 g/mol. The quantitative estimate of drug-likeness (QED) is 0.695. The predicted molar refractivity (Wildman–Crippen MR) is 45.3 cm³/mol. The molecule has 2 atom stereocenters. The number of nitrogens with two attached hydrogens (primary N) is 1. The largest absolute Gasteiger partial charge is 0.412 e. The zero-order valence-corrected chi connectivity index (χ0v) is 10.5. The summed E-state index contributed by atoms with van der Waals surface area (Å²) in [4.78, 5) is 0. The molecule has 1 fully saturated rings. The third-order valence-corrected chi connectivity index (χ3v) is 2.43. The van der Waals surface area contributed by atoms with Crippen molar-refractivity contribution in [1.29, 1.82) is 0 Å². The minimum Gasteiger partial charge on any atom is -0.412 e. The van der Waals surface area contributed by atoms with E-state index in [0.717, 1.165) is 25.7 Å². The van der Waals surface area contributed by atoms with E-state index >= 15 is 0 Å². The number of halogens is 1. The minimum atomic E-state index is -1.28. The first-order valence-corrected chi connectivity index (χ1v) is 4.29. The molecular weight excluding hydrogens is 345 g/mol. The molecule has 0 aliphatic heterocycles. The first kappa shape index (κ1) is 15.9. The summed E-state index contributed by atoms with van der Waals surface area (Å²) in [5.41, 5.74) is 5.05. The van der Waals surface area contributed by atoms with E-state index in [2.05, 4.69) is 0 Å². The summed E-state index contributed by atoms with van der Waals surface area (Å²) in [5, 5.41) is 8.78. The van der Waals surface area contributed by atoms with Gasteiger partial charge in [0.05, 0.1) is 0 Å². The van der Waals surface area contributed by atoms with Crippen LogP contribution in [0.5, 0.6) is 0 Å². The fourth-order valence-electron chi connectivity index (χ4n) is 1.73. The van der Waals surface area contributed by atoms with E-state index in [9.17, 15) is 4.39 Å². The number of aliphatic hydroxyl groups excluding tert-OH is 1. The van der Waals surface area contributed by atoms with Crippen LogP contribution in [-0.4, -0.2) is 23.0 Å². The van der Waals surface area contributed by atoms with Crippen molar-refractivity contribution in [3.8, 4) is 0 Å². The third kappa shape index (κ3) is 5.06. The molecule has 1 saturated carbocycles. The second kappa shape index (κ2) is 7.86. The Labute approximate surface area is 92.5 Å². The van der Waals surface area contributed by atoms with Gasteiger partial charge in [0.1, 0.15) is 12.4 Å². The summed E-state index contributed by atoms with van der Waals surface area (Å²) in [7, 11) is 0. The van der Waals surface area contributed by atoms with Crippen LogP contribution in [0.1, 0.15) is 32.1 Å². The molecule has 0 aromatic rings. The van der Waals surface area contributed by atoms with Crippen molar-refractivity contribution in [2.75, 3.05) is 0 Å². The zero-order valence-electron chi connectivity index (χ0n) is 7.58. The molecule has 1 rings (SSSR count). The van der Waals surface area contributed by atoms with E-state index in [1.165, 1.54) is 6.42 Å². The Morgan fingerprint density at radius 1 is 1.23 bits per heavy atom. The van der Waals surface area contributed by atoms with Crippen LogP contribution in [0.4, 0.5) is 4.39 Å². The number of aliphatic hydroxyl groups is 1. The van der Waals surface area contributed by atoms with Crippen molar-refractivity contribution in [2.24, 2.45) is 11.7 Å². The molecule has 0 radical (unpaired) electrons. The molecule has 1 aliphatic rings. The molecule has 0 saturated heterocycles. The molecule has 0 heterocycles. The maximum Gasteiger partial charge on any atom is 0.142 e. The molecule has 13 heavy (non-hydrogen) atoms. The second-order valence-corrected chi connectivity index (χ2v) is 3.33. The van der Waals surface area contributed by atoms with Gasteiger partial charge >= 0.3 is 0 Å². The summed E-state index contributed by atoms with van der Waals surface area (Å²) < 4.78 is 13.0. The Hall–Kier alpha value is 0.498. The summed E-state index contributed by atoms with van der Waals surface area (Å²) in [6.07, 6.45) is 2.64. The average molecular weight is 363 g/mol. The van der Waals surface area contributed by atoms with E-state index in [1.54, 1.807) is 0 Å². The number of alkyl halides is 1. The molecule has 0 spiro atoms. The fraction of sp³-hybridized carbons (Fsp3) is 1.00. The number of rotatable bonds is 2. The molecule has 0 amide bonds. The van der Waals surface area contributed by atoms with Crippen molar-refractivity contribution < 1.29 is 36.0 Å². The van der Waals surface area contributed by atoms with Crippen molar-refractivity contribution in [2.45, 2.75) is 44.5 Å². The SMILES string of the molecule is NC(O)C(F)C1CCCCC1.O.[W]. The maximum atomic E-state index is 13.0. The predicted octanol–water partition coefficient (Wildman–Crippen LogP) is 0.355. The van der Waals surface area contributed by atoms with Crippen molar-refractivity contribution in [3.63, 3.8) is 0 Å². The average Bonchev–Trinajstić information content (AvgIpc) is 2.05. The van der Waals surface area contributed by atoms with Crippen LogP contribution >= 0.6 is 0 Å². The second-order valence-electron chi connectivity index (χ2n) is 3.33. The summed E-state index contributed by atoms with van der Waals surface area (Å²) in [5.74, 6) is 0.00347. The number of hydrogen-bond donors (Lipinski definition) is 2. The molecule has 0 aromatic carbocycles. The molecule has 5 heteroatoms. The van der Waals surface area contributed by atoms with E-state index < -0.39 is 12.4 Å². The van der Waals surface area contributed by atoms with E-state index in [-0.39, 0.29) is 32.5 Å². The van der Waals surface area contributed by atoms with Gasteiger partial charge in [0.15, 0.2) is 0 Å². The van der Waals surface area contributed by atoms with Gasteiger partial charge in [-0.2, -0.15) is 0 Å². The maximum absolute atomic E-state index is 13.0. The molecule has 1 aliphatic carbocycles. The van der Waals surface area contributed by atoms with Crippen LogP contribution in [0, 0.1) is 5.92 Å². The van der Waals surface area contributed by atoms with Crippen LogP contribution in [0.3, 0.4) is 0 Å². The number of hydrogen-bond acceptors (Lipinski definition) is 2. The van der Waals surface area contributed by atoms with Crippen molar-refractivity contribution >= 4 is 0 Å². The van der Waals surface area contributed by atoms with Gasteiger partial charge in [-0.3, -0.25) is 0 Å². The molecule has 2 unspecified atom stereocenters. The van der Waals surface area contributed by atoms with Crippen molar-refractivity contribution in [3.05, 3.63) is 0 Å². The van der Waals surface area contributed by atoms with Gasteiger partial charge < -0.3 is 16.3 Å². The van der Waals surface area contributed by atoms with Crippen LogP contribution in [0.25, 0.3) is 0 Å². The molecule has 80 valence electrons. The molecule has 0 aromatic heterocycles. The Bertz CT molecular complexity index is 121. The van der Waals surface area contributed by atoms with Crippen LogP contribution in [0.2, 0.25) is 0 Å². The molecule has 5 N–H and O–H groups in total. The van der Waals surface area contributed by atoms with Gasteiger partial charge in [-0.15, -0.1) is 0 Å². The summed E-state index contributed by atoms with van der Waals surface area (Å²) in [6, 6.07) is 0. The first-order chi connectivity index (χ1) is 5.22. The van der Waals surface area contributed by atoms with Crippen LogP contribution in [-0.2, 0) is 21.1 Å². The Morgan fingerprint density at radius 3 is 2.08 bits per heavy atom. The van der Waals surface area contributed by atoms with Gasteiger partial charge in [0.25, 0.3) is 0 Å². The molecule has 3 nitrogen and oxygen atoms in total. The smallest absolute Gasteiger partial charge is 0.142 e. The Balaban J connectivity index is 0. The summed E-state index contributed by atoms with van der Waals surface area (Å²) >= 11 is 0. The Kier molecular flexibility index (Phi) is 9.64. The normalized spacial score (nSPS) is 22.4. The fourth-order valence-corrected chi connectivity index (χ4v) is 1.73. The topological polar surface area (TPSA) is 77.8 Å². The molecular formula is C8H18FNO2W. The van der Waals surface area contributed by atoms with Gasteiger partial charge in [-0.05, 0) is 18.8 Å². The first-order valence-electron chi connectivity index (χ1n) is 4.29. The zero-order chi connectivity index (χ0) is 8.27. The van der Waals surface area contributed by atoms with Gasteiger partial charge in [0.2, 0.25) is 0 Å². The minimum absolute atomic E-state index is 0. The van der Waals surface area contributed by atoms with Gasteiger partial charge in [-0.1, -0.05) is 19.3 Å². The third-order valence-electron chi connectivity index (χ3n) is 2.43.